The van der Waals surface area contributed by atoms with Crippen molar-refractivity contribution in [3.63, 3.8) is 0 Å². The lowest BCUT2D eigenvalue weighted by molar-refractivity contribution is -0.135. The van der Waals surface area contributed by atoms with E-state index in [9.17, 15) is 4.79 Å². The third-order valence-corrected chi connectivity index (χ3v) is 4.99. The van der Waals surface area contributed by atoms with Gasteiger partial charge in [-0.2, -0.15) is 5.26 Å². The second-order valence-electron chi connectivity index (χ2n) is 7.06. The smallest absolute Gasteiger partial charge is 0.226 e. The van der Waals surface area contributed by atoms with Crippen LogP contribution in [-0.2, 0) is 11.3 Å². The lowest BCUT2D eigenvalue weighted by atomic mass is 10.1. The quantitative estimate of drug-likeness (QED) is 0.789. The number of methoxy groups -OCH3 is 1. The number of carbonyl (C=O) groups excluding carboxylic acids is 1. The first-order chi connectivity index (χ1) is 12.5. The van der Waals surface area contributed by atoms with E-state index < -0.39 is 0 Å². The predicted molar refractivity (Wildman–Crippen MR) is 101 cm³/mol. The first kappa shape index (κ1) is 18.0. The maximum Gasteiger partial charge on any atom is 0.226 e. The van der Waals surface area contributed by atoms with E-state index in [-0.39, 0.29) is 23.8 Å². The van der Waals surface area contributed by atoms with Crippen LogP contribution in [0.2, 0.25) is 0 Å². The van der Waals surface area contributed by atoms with Gasteiger partial charge in [-0.3, -0.25) is 4.79 Å². The van der Waals surface area contributed by atoms with Crippen molar-refractivity contribution in [1.82, 2.24) is 4.90 Å². The Kier molecular flexibility index (Phi) is 5.27. The molecule has 134 valence electrons. The fourth-order valence-corrected chi connectivity index (χ4v) is 3.39. The average molecular weight is 348 g/mol. The summed E-state index contributed by atoms with van der Waals surface area (Å²) in [6.45, 7) is 4.65. The Morgan fingerprint density at radius 1 is 1.23 bits per heavy atom. The van der Waals surface area contributed by atoms with Gasteiger partial charge in [0.2, 0.25) is 5.91 Å². The molecule has 0 spiro atoms. The minimum Gasteiger partial charge on any atom is -0.496 e. The van der Waals surface area contributed by atoms with Gasteiger partial charge in [0.25, 0.3) is 0 Å². The van der Waals surface area contributed by atoms with Gasteiger partial charge in [0.05, 0.1) is 18.7 Å². The van der Waals surface area contributed by atoms with Gasteiger partial charge in [-0.15, -0.1) is 0 Å². The normalized spacial score (nSPS) is 18.3. The van der Waals surface area contributed by atoms with E-state index in [1.807, 2.05) is 49.1 Å². The fraction of sp³-hybridized carbons (Fsp3) is 0.364. The number of carbonyl (C=O) groups is 1. The van der Waals surface area contributed by atoms with Crippen LogP contribution in [0.3, 0.4) is 0 Å². The van der Waals surface area contributed by atoms with Crippen LogP contribution in [-0.4, -0.2) is 24.0 Å². The molecule has 0 saturated heterocycles. The summed E-state index contributed by atoms with van der Waals surface area (Å²) in [6.07, 6.45) is 0.871. The molecule has 3 rings (SSSR count). The Hall–Kier alpha value is -2.80. The molecule has 1 aliphatic rings. The Bertz CT molecular complexity index is 821. The third kappa shape index (κ3) is 3.72. The number of hydrogen-bond acceptors (Lipinski definition) is 3. The molecule has 0 unspecified atom stereocenters. The molecule has 0 aliphatic heterocycles. The van der Waals surface area contributed by atoms with Crippen molar-refractivity contribution in [1.29, 1.82) is 5.26 Å². The lowest BCUT2D eigenvalue weighted by Crippen LogP contribution is -2.37. The summed E-state index contributed by atoms with van der Waals surface area (Å²) in [5.41, 5.74) is 2.80. The van der Waals surface area contributed by atoms with Crippen molar-refractivity contribution in [2.75, 3.05) is 7.11 Å². The number of amides is 1. The minimum absolute atomic E-state index is 0.0204. The highest BCUT2D eigenvalue weighted by atomic mass is 16.5. The Labute approximate surface area is 155 Å². The summed E-state index contributed by atoms with van der Waals surface area (Å²) in [5.74, 6) is 1.31. The van der Waals surface area contributed by atoms with Gasteiger partial charge in [-0.05, 0) is 55.5 Å². The highest BCUT2D eigenvalue weighted by molar-refractivity contribution is 5.83. The largest absolute Gasteiger partial charge is 0.496 e. The van der Waals surface area contributed by atoms with Gasteiger partial charge in [0.1, 0.15) is 5.75 Å². The summed E-state index contributed by atoms with van der Waals surface area (Å²) >= 11 is 0. The molecule has 0 heterocycles. The van der Waals surface area contributed by atoms with Crippen molar-refractivity contribution in [2.24, 2.45) is 5.92 Å². The molecular formula is C22H24N2O2. The number of benzene rings is 2. The van der Waals surface area contributed by atoms with Crippen LogP contribution in [0.25, 0.3) is 0 Å². The first-order valence-electron chi connectivity index (χ1n) is 8.97. The number of hydrogen-bond donors (Lipinski definition) is 0. The first-order valence-corrected chi connectivity index (χ1v) is 8.97. The summed E-state index contributed by atoms with van der Waals surface area (Å²) in [7, 11) is 1.67. The Morgan fingerprint density at radius 2 is 1.92 bits per heavy atom. The molecule has 26 heavy (non-hydrogen) atoms. The molecular weight excluding hydrogens is 324 g/mol. The standard InChI is InChI=1S/C22H24N2O2/c1-15(2)24(14-17-10-8-16(13-23)9-11-17)22(25)20-12-19(20)18-6-4-5-7-21(18)26-3/h4-11,15,19-20H,12,14H2,1-3H3/t19-,20-/m0/s1. The summed E-state index contributed by atoms with van der Waals surface area (Å²) in [5, 5.41) is 8.92. The summed E-state index contributed by atoms with van der Waals surface area (Å²) in [6, 6.07) is 17.6. The topological polar surface area (TPSA) is 53.3 Å². The molecule has 0 N–H and O–H groups in total. The van der Waals surface area contributed by atoms with Crippen LogP contribution >= 0.6 is 0 Å². The molecule has 2 aromatic carbocycles. The highest BCUT2D eigenvalue weighted by Gasteiger charge is 2.47. The summed E-state index contributed by atoms with van der Waals surface area (Å²) < 4.78 is 5.45. The van der Waals surface area contributed by atoms with E-state index in [0.29, 0.717) is 12.1 Å². The van der Waals surface area contributed by atoms with Crippen LogP contribution in [0, 0.1) is 17.2 Å². The zero-order valence-corrected chi connectivity index (χ0v) is 15.5. The Morgan fingerprint density at radius 3 is 2.54 bits per heavy atom. The van der Waals surface area contributed by atoms with Gasteiger partial charge in [0.15, 0.2) is 0 Å². The second kappa shape index (κ2) is 7.61. The SMILES string of the molecule is COc1ccccc1[C@@H]1C[C@@H]1C(=O)N(Cc1ccc(C#N)cc1)C(C)C. The van der Waals surface area contributed by atoms with Crippen molar-refractivity contribution < 1.29 is 9.53 Å². The molecule has 4 heteroatoms. The molecule has 2 atom stereocenters. The van der Waals surface area contributed by atoms with Crippen LogP contribution in [0.5, 0.6) is 5.75 Å². The maximum atomic E-state index is 13.1. The number of ether oxygens (including phenoxy) is 1. The maximum absolute atomic E-state index is 13.1. The number of rotatable bonds is 6. The van der Waals surface area contributed by atoms with Crippen molar-refractivity contribution in [2.45, 2.75) is 38.8 Å². The van der Waals surface area contributed by atoms with Crippen LogP contribution < -0.4 is 4.74 Å². The molecule has 1 aliphatic carbocycles. The zero-order chi connectivity index (χ0) is 18.7. The van der Waals surface area contributed by atoms with Gasteiger partial charge >= 0.3 is 0 Å². The lowest BCUT2D eigenvalue weighted by Gasteiger charge is -2.27. The van der Waals surface area contributed by atoms with Crippen LogP contribution in [0.15, 0.2) is 48.5 Å². The molecule has 1 fully saturated rings. The van der Waals surface area contributed by atoms with E-state index in [1.54, 1.807) is 19.2 Å². The third-order valence-electron chi connectivity index (χ3n) is 4.99. The van der Waals surface area contributed by atoms with Crippen molar-refractivity contribution in [3.8, 4) is 11.8 Å². The highest BCUT2D eigenvalue weighted by Crippen LogP contribution is 2.51. The second-order valence-corrected chi connectivity index (χ2v) is 7.06. The van der Waals surface area contributed by atoms with Crippen LogP contribution in [0.1, 0.15) is 42.9 Å². The predicted octanol–water partition coefficient (Wildman–Crippen LogP) is 4.11. The van der Waals surface area contributed by atoms with E-state index in [1.165, 1.54) is 0 Å². The average Bonchev–Trinajstić information content (AvgIpc) is 3.46. The number of nitrogens with zero attached hydrogens (tertiary/aromatic N) is 2. The molecule has 0 bridgehead atoms. The van der Waals surface area contributed by atoms with E-state index in [0.717, 1.165) is 23.3 Å². The molecule has 4 nitrogen and oxygen atoms in total. The Balaban J connectivity index is 1.73. The van der Waals surface area contributed by atoms with Gasteiger partial charge in [0, 0.05) is 18.5 Å². The molecule has 0 aromatic heterocycles. The van der Waals surface area contributed by atoms with E-state index >= 15 is 0 Å². The van der Waals surface area contributed by atoms with Crippen molar-refractivity contribution >= 4 is 5.91 Å². The number of para-hydroxylation sites is 1. The molecule has 2 aromatic rings. The van der Waals surface area contributed by atoms with Crippen molar-refractivity contribution in [3.05, 3.63) is 65.2 Å². The van der Waals surface area contributed by atoms with Gasteiger partial charge < -0.3 is 9.64 Å². The monoisotopic (exact) mass is 348 g/mol. The molecule has 1 saturated carbocycles. The zero-order valence-electron chi connectivity index (χ0n) is 15.5. The fourth-order valence-electron chi connectivity index (χ4n) is 3.39. The number of nitriles is 1. The van der Waals surface area contributed by atoms with Gasteiger partial charge in [-0.1, -0.05) is 30.3 Å². The van der Waals surface area contributed by atoms with E-state index in [2.05, 4.69) is 12.1 Å². The van der Waals surface area contributed by atoms with Crippen LogP contribution in [0.4, 0.5) is 0 Å². The minimum atomic E-state index is 0.0204. The van der Waals surface area contributed by atoms with E-state index in [4.69, 9.17) is 10.00 Å². The molecule has 0 radical (unpaired) electrons. The molecule has 1 amide bonds. The summed E-state index contributed by atoms with van der Waals surface area (Å²) in [4.78, 5) is 15.0. The van der Waals surface area contributed by atoms with Gasteiger partial charge in [-0.25, -0.2) is 0 Å².